The van der Waals surface area contributed by atoms with Crippen molar-refractivity contribution >= 4 is 29.2 Å². The van der Waals surface area contributed by atoms with Crippen molar-refractivity contribution in [2.24, 2.45) is 0 Å². The van der Waals surface area contributed by atoms with E-state index in [0.717, 1.165) is 0 Å². The highest BCUT2D eigenvalue weighted by Gasteiger charge is 2.08. The molecule has 6 nitrogen and oxygen atoms in total. The van der Waals surface area contributed by atoms with Crippen molar-refractivity contribution in [3.63, 3.8) is 0 Å². The molecule has 0 aliphatic heterocycles. The average molecular weight is 284 g/mol. The van der Waals surface area contributed by atoms with Gasteiger partial charge in [-0.3, -0.25) is 0 Å². The normalized spacial score (nSPS) is 10.1. The molecule has 0 amide bonds. The van der Waals surface area contributed by atoms with Crippen LogP contribution < -0.4 is 15.4 Å². The zero-order valence-corrected chi connectivity index (χ0v) is 11.0. The Morgan fingerprint density at radius 3 is 2.63 bits per heavy atom. The summed E-state index contributed by atoms with van der Waals surface area (Å²) in [5.74, 6) is 0.476. The summed E-state index contributed by atoms with van der Waals surface area (Å²) < 4.78 is 18.7. The first-order valence-corrected chi connectivity index (χ1v) is 5.70. The number of hydrogen-bond donors (Lipinski definition) is 2. The van der Waals surface area contributed by atoms with Gasteiger partial charge in [-0.05, 0) is 23.7 Å². The summed E-state index contributed by atoms with van der Waals surface area (Å²) in [7, 11) is 3.14. The molecule has 100 valence electrons. The number of methoxy groups -OCH3 is 1. The summed E-state index contributed by atoms with van der Waals surface area (Å²) in [5, 5.41) is 5.45. The van der Waals surface area contributed by atoms with Crippen molar-refractivity contribution in [1.29, 1.82) is 0 Å². The van der Waals surface area contributed by atoms with Crippen molar-refractivity contribution in [2.45, 2.75) is 0 Å². The number of rotatable bonds is 4. The molecule has 0 radical (unpaired) electrons. The largest absolute Gasteiger partial charge is 0.497 e. The molecule has 2 N–H and O–H groups in total. The first-order valence-electron chi connectivity index (χ1n) is 5.32. The first kappa shape index (κ1) is 13.3. The fourth-order valence-corrected chi connectivity index (χ4v) is 1.53. The van der Waals surface area contributed by atoms with Crippen LogP contribution in [0.15, 0.2) is 18.2 Å². The van der Waals surface area contributed by atoms with Crippen LogP contribution in [-0.4, -0.2) is 29.1 Å². The van der Waals surface area contributed by atoms with Gasteiger partial charge in [0.25, 0.3) is 0 Å². The Balaban J connectivity index is 2.32. The lowest BCUT2D eigenvalue weighted by Gasteiger charge is -2.08. The van der Waals surface area contributed by atoms with E-state index < -0.39 is 5.82 Å². The summed E-state index contributed by atoms with van der Waals surface area (Å²) in [6.45, 7) is 0. The zero-order chi connectivity index (χ0) is 13.8. The van der Waals surface area contributed by atoms with Crippen LogP contribution in [0.1, 0.15) is 0 Å². The quantitative estimate of drug-likeness (QED) is 0.898. The summed E-state index contributed by atoms with van der Waals surface area (Å²) in [5.41, 5.74) is 0.184. The molecule has 0 saturated heterocycles. The molecular formula is C11H11ClFN5O. The lowest BCUT2D eigenvalue weighted by Crippen LogP contribution is -2.04. The smallest absolute Gasteiger partial charge is 0.233 e. The second-order valence-electron chi connectivity index (χ2n) is 3.47. The highest BCUT2D eigenvalue weighted by Crippen LogP contribution is 2.23. The van der Waals surface area contributed by atoms with Gasteiger partial charge in [-0.1, -0.05) is 0 Å². The third-order valence-corrected chi connectivity index (χ3v) is 2.42. The van der Waals surface area contributed by atoms with Crippen LogP contribution >= 0.6 is 11.6 Å². The summed E-state index contributed by atoms with van der Waals surface area (Å²) in [4.78, 5) is 11.7. The molecule has 0 spiro atoms. The van der Waals surface area contributed by atoms with E-state index in [0.29, 0.717) is 5.75 Å². The van der Waals surface area contributed by atoms with Crippen molar-refractivity contribution in [2.75, 3.05) is 24.8 Å². The van der Waals surface area contributed by atoms with Crippen LogP contribution in [0.4, 0.5) is 22.0 Å². The van der Waals surface area contributed by atoms with Crippen LogP contribution in [0.2, 0.25) is 5.28 Å². The highest BCUT2D eigenvalue weighted by molar-refractivity contribution is 6.28. The van der Waals surface area contributed by atoms with E-state index in [4.69, 9.17) is 16.3 Å². The van der Waals surface area contributed by atoms with Crippen LogP contribution in [0.3, 0.4) is 0 Å². The number of nitrogens with zero attached hydrogens (tertiary/aromatic N) is 3. The van der Waals surface area contributed by atoms with E-state index in [2.05, 4.69) is 25.6 Å². The Morgan fingerprint density at radius 2 is 1.95 bits per heavy atom. The summed E-state index contributed by atoms with van der Waals surface area (Å²) in [6.07, 6.45) is 0. The maximum absolute atomic E-state index is 13.6. The third-order valence-electron chi connectivity index (χ3n) is 2.25. The van der Waals surface area contributed by atoms with Gasteiger partial charge in [0.1, 0.15) is 11.6 Å². The summed E-state index contributed by atoms with van der Waals surface area (Å²) in [6, 6.07) is 4.29. The molecule has 2 aromatic rings. The molecule has 1 aromatic heterocycles. The fraction of sp³-hybridized carbons (Fsp3) is 0.182. The Hall–Kier alpha value is -2.15. The van der Waals surface area contributed by atoms with Crippen LogP contribution in [0.5, 0.6) is 5.75 Å². The van der Waals surface area contributed by atoms with Gasteiger partial charge in [0.2, 0.25) is 17.2 Å². The number of nitrogens with one attached hydrogen (secondary N) is 2. The third kappa shape index (κ3) is 3.19. The highest BCUT2D eigenvalue weighted by atomic mass is 35.5. The molecule has 1 aromatic carbocycles. The van der Waals surface area contributed by atoms with Gasteiger partial charge in [0.15, 0.2) is 0 Å². The minimum Gasteiger partial charge on any atom is -0.497 e. The second kappa shape index (κ2) is 5.66. The predicted molar refractivity (Wildman–Crippen MR) is 70.6 cm³/mol. The minimum absolute atomic E-state index is 0.00477. The SMILES string of the molecule is CNc1nc(Cl)nc(Nc2cc(OC)ccc2F)n1. The van der Waals surface area contributed by atoms with Gasteiger partial charge in [-0.2, -0.15) is 15.0 Å². The Morgan fingerprint density at radius 1 is 1.21 bits per heavy atom. The summed E-state index contributed by atoms with van der Waals surface area (Å²) >= 11 is 5.73. The molecule has 0 unspecified atom stereocenters. The van der Waals surface area contributed by atoms with Crippen molar-refractivity contribution in [3.05, 3.63) is 29.3 Å². The second-order valence-corrected chi connectivity index (χ2v) is 3.81. The molecule has 2 rings (SSSR count). The topological polar surface area (TPSA) is 72.0 Å². The Labute approximate surface area is 114 Å². The molecule has 19 heavy (non-hydrogen) atoms. The number of halogens is 2. The fourth-order valence-electron chi connectivity index (χ4n) is 1.37. The van der Waals surface area contributed by atoms with Crippen LogP contribution in [0, 0.1) is 5.82 Å². The van der Waals surface area contributed by atoms with Crippen molar-refractivity contribution in [1.82, 2.24) is 15.0 Å². The van der Waals surface area contributed by atoms with Crippen molar-refractivity contribution in [3.8, 4) is 5.75 Å². The zero-order valence-electron chi connectivity index (χ0n) is 10.2. The Bertz CT molecular complexity index is 595. The lowest BCUT2D eigenvalue weighted by atomic mass is 10.3. The molecular weight excluding hydrogens is 273 g/mol. The predicted octanol–water partition coefficient (Wildman–Crippen LogP) is 2.46. The lowest BCUT2D eigenvalue weighted by molar-refractivity contribution is 0.414. The van der Waals surface area contributed by atoms with Crippen LogP contribution in [0.25, 0.3) is 0 Å². The molecule has 0 fully saturated rings. The number of benzene rings is 1. The molecule has 0 aliphatic carbocycles. The van der Waals surface area contributed by atoms with Gasteiger partial charge in [0, 0.05) is 13.1 Å². The van der Waals surface area contributed by atoms with Crippen molar-refractivity contribution < 1.29 is 9.13 Å². The average Bonchev–Trinajstić information content (AvgIpc) is 2.40. The maximum atomic E-state index is 13.6. The van der Waals surface area contributed by atoms with E-state index in [9.17, 15) is 4.39 Å². The number of hydrogen-bond acceptors (Lipinski definition) is 6. The van der Waals surface area contributed by atoms with Crippen LogP contribution in [-0.2, 0) is 0 Å². The molecule has 0 bridgehead atoms. The van der Waals surface area contributed by atoms with E-state index in [1.165, 1.54) is 25.3 Å². The number of anilines is 3. The van der Waals surface area contributed by atoms with Gasteiger partial charge in [-0.15, -0.1) is 0 Å². The van der Waals surface area contributed by atoms with Gasteiger partial charge >= 0.3 is 0 Å². The van der Waals surface area contributed by atoms with Gasteiger partial charge in [0.05, 0.1) is 12.8 Å². The minimum atomic E-state index is -0.455. The molecule has 0 atom stereocenters. The van der Waals surface area contributed by atoms with E-state index >= 15 is 0 Å². The number of aromatic nitrogens is 3. The van der Waals surface area contributed by atoms with Gasteiger partial charge < -0.3 is 15.4 Å². The maximum Gasteiger partial charge on any atom is 0.233 e. The molecule has 1 heterocycles. The number of ether oxygens (including phenoxy) is 1. The van der Waals surface area contributed by atoms with E-state index in [1.54, 1.807) is 7.05 Å². The molecule has 8 heteroatoms. The molecule has 0 saturated carbocycles. The van der Waals surface area contributed by atoms with E-state index in [1.807, 2.05) is 0 Å². The van der Waals surface area contributed by atoms with Gasteiger partial charge in [-0.25, -0.2) is 4.39 Å². The standard InChI is InChI=1S/C11H11ClFN5O/c1-14-10-16-9(12)17-11(18-10)15-8-5-6(19-2)3-4-7(8)13/h3-5H,1-2H3,(H2,14,15,16,17,18). The van der Waals surface area contributed by atoms with E-state index in [-0.39, 0.29) is 22.9 Å². The Kier molecular flexibility index (Phi) is 3.96. The monoisotopic (exact) mass is 283 g/mol. The first-order chi connectivity index (χ1) is 9.12. The molecule has 0 aliphatic rings.